The van der Waals surface area contributed by atoms with E-state index in [1.165, 1.54) is 40.3 Å². The van der Waals surface area contributed by atoms with Crippen molar-refractivity contribution in [2.45, 2.75) is 55.4 Å². The van der Waals surface area contributed by atoms with Crippen LogP contribution in [-0.2, 0) is 4.79 Å². The molecule has 3 aromatic rings. The van der Waals surface area contributed by atoms with Crippen molar-refractivity contribution in [3.05, 3.63) is 108 Å². The Morgan fingerprint density at radius 2 is 1.34 bits per heavy atom. The standard InChI is InChI=1S/C25H24.C2H4O.2C2H6/c1-18-8-7-10-24(16-18)23-14-12-22(13-15-23)20(3)17-21(4)25-11-6-5-9-19(25)2;1-2-3;2*1-2/h5-17H,3H2,1-2,4H3;2H,1H3;2*1-2H3/b21-17-;;;. The van der Waals surface area contributed by atoms with E-state index in [2.05, 4.69) is 106 Å². The van der Waals surface area contributed by atoms with E-state index >= 15 is 0 Å². The molecule has 0 amide bonds. The molecule has 0 fully saturated rings. The fourth-order valence-electron chi connectivity index (χ4n) is 3.14. The van der Waals surface area contributed by atoms with Gasteiger partial charge in [-0.05, 0) is 66.7 Å². The normalized spacial score (nSPS) is 9.69. The van der Waals surface area contributed by atoms with Crippen molar-refractivity contribution in [1.29, 1.82) is 0 Å². The molecule has 3 aromatic carbocycles. The highest BCUT2D eigenvalue weighted by Gasteiger charge is 2.03. The molecule has 3 rings (SSSR count). The molecule has 0 aromatic heterocycles. The molecule has 0 radical (unpaired) electrons. The van der Waals surface area contributed by atoms with Crippen LogP contribution in [0.3, 0.4) is 0 Å². The van der Waals surface area contributed by atoms with Crippen LogP contribution in [0.5, 0.6) is 0 Å². The predicted octanol–water partition coefficient (Wildman–Crippen LogP) is 9.34. The first kappa shape index (κ1) is 28.8. The van der Waals surface area contributed by atoms with E-state index in [9.17, 15) is 0 Å². The Balaban J connectivity index is 0.00000124. The topological polar surface area (TPSA) is 17.1 Å². The Kier molecular flexibility index (Phi) is 14.9. The second kappa shape index (κ2) is 16.5. The first-order valence-corrected chi connectivity index (χ1v) is 11.5. The fourth-order valence-corrected chi connectivity index (χ4v) is 3.14. The summed E-state index contributed by atoms with van der Waals surface area (Å²) in [5, 5.41) is 0. The number of benzene rings is 3. The molecule has 0 bridgehead atoms. The molecule has 0 aliphatic rings. The van der Waals surface area contributed by atoms with Gasteiger partial charge in [-0.2, -0.15) is 0 Å². The zero-order chi connectivity index (χ0) is 24.5. The average Bonchev–Trinajstić information content (AvgIpc) is 2.82. The van der Waals surface area contributed by atoms with Crippen molar-refractivity contribution in [3.63, 3.8) is 0 Å². The van der Waals surface area contributed by atoms with Gasteiger partial charge in [-0.15, -0.1) is 0 Å². The lowest BCUT2D eigenvalue weighted by atomic mass is 9.96. The number of aldehydes is 1. The summed E-state index contributed by atoms with van der Waals surface area (Å²) in [4.78, 5) is 8.81. The number of aryl methyl sites for hydroxylation is 2. The van der Waals surface area contributed by atoms with E-state index in [-0.39, 0.29) is 0 Å². The van der Waals surface area contributed by atoms with Crippen molar-refractivity contribution in [3.8, 4) is 11.1 Å². The number of allylic oxidation sites excluding steroid dienone is 3. The molecule has 0 aliphatic carbocycles. The van der Waals surface area contributed by atoms with Crippen molar-refractivity contribution in [1.82, 2.24) is 0 Å². The van der Waals surface area contributed by atoms with Crippen LogP contribution in [0, 0.1) is 13.8 Å². The van der Waals surface area contributed by atoms with Crippen LogP contribution < -0.4 is 0 Å². The van der Waals surface area contributed by atoms with Gasteiger partial charge in [0, 0.05) is 0 Å². The van der Waals surface area contributed by atoms with Crippen LogP contribution >= 0.6 is 0 Å². The van der Waals surface area contributed by atoms with Crippen molar-refractivity contribution in [2.75, 3.05) is 0 Å². The highest BCUT2D eigenvalue weighted by molar-refractivity contribution is 5.83. The van der Waals surface area contributed by atoms with Gasteiger partial charge in [0.05, 0.1) is 0 Å². The zero-order valence-electron chi connectivity index (χ0n) is 21.2. The number of rotatable bonds is 4. The lowest BCUT2D eigenvalue weighted by Gasteiger charge is -2.09. The molecule has 32 heavy (non-hydrogen) atoms. The van der Waals surface area contributed by atoms with Gasteiger partial charge >= 0.3 is 0 Å². The SMILES string of the molecule is C=C(/C=C(/C)c1ccccc1C)c1ccc(-c2cccc(C)c2)cc1.CC.CC.CC=O. The van der Waals surface area contributed by atoms with Crippen LogP contribution in [0.2, 0.25) is 0 Å². The Hall–Kier alpha value is -3.19. The molecule has 0 aliphatic heterocycles. The summed E-state index contributed by atoms with van der Waals surface area (Å²) < 4.78 is 0. The lowest BCUT2D eigenvalue weighted by molar-refractivity contribution is -0.106. The summed E-state index contributed by atoms with van der Waals surface area (Å²) in [5.74, 6) is 0. The Morgan fingerprint density at radius 3 is 1.88 bits per heavy atom. The molecule has 0 heterocycles. The first-order valence-electron chi connectivity index (χ1n) is 11.5. The van der Waals surface area contributed by atoms with Gasteiger partial charge in [-0.25, -0.2) is 0 Å². The maximum atomic E-state index is 8.81. The molecule has 0 spiro atoms. The van der Waals surface area contributed by atoms with E-state index in [1.54, 1.807) is 0 Å². The van der Waals surface area contributed by atoms with Gasteiger partial charge in [0.25, 0.3) is 0 Å². The number of carbonyl (C=O) groups is 1. The third kappa shape index (κ3) is 9.31. The molecule has 170 valence electrons. The Labute approximate surface area is 196 Å². The van der Waals surface area contributed by atoms with Gasteiger partial charge < -0.3 is 4.79 Å². The van der Waals surface area contributed by atoms with Crippen molar-refractivity contribution in [2.24, 2.45) is 0 Å². The minimum atomic E-state index is 0.750. The summed E-state index contributed by atoms with van der Waals surface area (Å²) in [6.45, 7) is 20.1. The minimum absolute atomic E-state index is 0.750. The molecule has 0 N–H and O–H groups in total. The molecule has 0 saturated heterocycles. The van der Waals surface area contributed by atoms with E-state index < -0.39 is 0 Å². The Bertz CT molecular complexity index is 975. The quantitative estimate of drug-likeness (QED) is 0.299. The lowest BCUT2D eigenvalue weighted by Crippen LogP contribution is -1.87. The van der Waals surface area contributed by atoms with Crippen LogP contribution in [0.1, 0.15) is 63.8 Å². The molecule has 1 heteroatoms. The molecule has 1 nitrogen and oxygen atoms in total. The molecule has 0 atom stereocenters. The summed E-state index contributed by atoms with van der Waals surface area (Å²) in [5.41, 5.74) is 9.78. The summed E-state index contributed by atoms with van der Waals surface area (Å²) in [6.07, 6.45) is 2.92. The molecule has 0 saturated carbocycles. The monoisotopic (exact) mass is 428 g/mol. The second-order valence-corrected chi connectivity index (χ2v) is 6.85. The minimum Gasteiger partial charge on any atom is -0.304 e. The number of carbonyl (C=O) groups excluding carboxylic acids is 1. The predicted molar refractivity (Wildman–Crippen MR) is 145 cm³/mol. The fraction of sp³-hybridized carbons (Fsp3) is 0.258. The van der Waals surface area contributed by atoms with Gasteiger partial charge in [-0.3, -0.25) is 0 Å². The van der Waals surface area contributed by atoms with Crippen molar-refractivity contribution < 1.29 is 4.79 Å². The first-order chi connectivity index (χ1) is 15.5. The van der Waals surface area contributed by atoms with E-state index in [0.29, 0.717) is 0 Å². The summed E-state index contributed by atoms with van der Waals surface area (Å²) >= 11 is 0. The van der Waals surface area contributed by atoms with Gasteiger partial charge in [0.15, 0.2) is 0 Å². The van der Waals surface area contributed by atoms with Gasteiger partial charge in [0.2, 0.25) is 0 Å². The highest BCUT2D eigenvalue weighted by Crippen LogP contribution is 2.26. The third-order valence-electron chi connectivity index (χ3n) is 4.57. The number of hydrogen-bond donors (Lipinski definition) is 0. The molecular weight excluding hydrogens is 388 g/mol. The van der Waals surface area contributed by atoms with E-state index in [1.807, 2.05) is 27.7 Å². The number of hydrogen-bond acceptors (Lipinski definition) is 1. The summed E-state index contributed by atoms with van der Waals surface area (Å²) in [6, 6.07) is 25.7. The van der Waals surface area contributed by atoms with Crippen LogP contribution in [0.15, 0.2) is 85.5 Å². The van der Waals surface area contributed by atoms with Crippen molar-refractivity contribution >= 4 is 17.4 Å². The largest absolute Gasteiger partial charge is 0.304 e. The second-order valence-electron chi connectivity index (χ2n) is 6.85. The van der Waals surface area contributed by atoms with Crippen LogP contribution in [0.4, 0.5) is 0 Å². The van der Waals surface area contributed by atoms with E-state index in [4.69, 9.17) is 4.79 Å². The molecular formula is C31H40O. The summed E-state index contributed by atoms with van der Waals surface area (Å²) in [7, 11) is 0. The average molecular weight is 429 g/mol. The van der Waals surface area contributed by atoms with Gasteiger partial charge in [0.1, 0.15) is 6.29 Å². The van der Waals surface area contributed by atoms with Crippen LogP contribution in [0.25, 0.3) is 22.3 Å². The smallest absolute Gasteiger partial charge is 0.116 e. The zero-order valence-corrected chi connectivity index (χ0v) is 21.2. The maximum absolute atomic E-state index is 8.81. The Morgan fingerprint density at radius 1 is 0.781 bits per heavy atom. The maximum Gasteiger partial charge on any atom is 0.116 e. The van der Waals surface area contributed by atoms with E-state index in [0.717, 1.165) is 17.4 Å². The molecule has 0 unspecified atom stereocenters. The van der Waals surface area contributed by atoms with Gasteiger partial charge in [-0.1, -0.05) is 119 Å². The third-order valence-corrected chi connectivity index (χ3v) is 4.57. The van der Waals surface area contributed by atoms with Crippen LogP contribution in [-0.4, -0.2) is 6.29 Å². The highest BCUT2D eigenvalue weighted by atomic mass is 16.1.